The number of aromatic amines is 1. The Balaban J connectivity index is 0.000001000. The summed E-state index contributed by atoms with van der Waals surface area (Å²) in [6, 6.07) is 0. The highest BCUT2D eigenvalue weighted by Crippen LogP contribution is 2.17. The Morgan fingerprint density at radius 1 is 1.55 bits per heavy atom. The normalized spacial score (nSPS) is 12.7. The molecule has 0 aliphatic carbocycles. The zero-order valence-corrected chi connectivity index (χ0v) is 7.43. The van der Waals surface area contributed by atoms with Crippen LogP contribution in [0.1, 0.15) is 25.6 Å². The van der Waals surface area contributed by atoms with Gasteiger partial charge in [0.2, 0.25) is 0 Å². The minimum Gasteiger partial charge on any atom is -0.387 e. The van der Waals surface area contributed by atoms with Crippen molar-refractivity contribution in [1.82, 2.24) is 9.97 Å². The van der Waals surface area contributed by atoms with E-state index < -0.39 is 6.10 Å². The van der Waals surface area contributed by atoms with Crippen LogP contribution in [0.3, 0.4) is 0 Å². The largest absolute Gasteiger partial charge is 0.387 e. The fourth-order valence-electron chi connectivity index (χ4n) is 0.788. The van der Waals surface area contributed by atoms with Gasteiger partial charge in [-0.05, 0) is 5.92 Å². The van der Waals surface area contributed by atoms with Crippen molar-refractivity contribution in [2.45, 2.75) is 20.0 Å². The molecule has 0 saturated carbocycles. The Morgan fingerprint density at radius 2 is 2.18 bits per heavy atom. The molecule has 0 spiro atoms. The van der Waals surface area contributed by atoms with Crippen molar-refractivity contribution in [1.29, 1.82) is 0 Å². The van der Waals surface area contributed by atoms with Crippen LogP contribution in [0.25, 0.3) is 0 Å². The summed E-state index contributed by atoms with van der Waals surface area (Å²) in [4.78, 5) is 6.67. The number of halogens is 1. The standard InChI is InChI=1S/C7H12N2O.ClH/c1-5(2)7(10)6-3-8-4-9-6;/h3-5,7,10H,1-2H3,(H,8,9);1H. The number of nitrogens with zero attached hydrogens (tertiary/aromatic N) is 1. The number of hydrogen-bond acceptors (Lipinski definition) is 2. The van der Waals surface area contributed by atoms with Crippen LogP contribution < -0.4 is 0 Å². The van der Waals surface area contributed by atoms with Gasteiger partial charge in [-0.15, -0.1) is 12.4 Å². The third kappa shape index (κ3) is 2.52. The van der Waals surface area contributed by atoms with Gasteiger partial charge in [-0.3, -0.25) is 0 Å². The fraction of sp³-hybridized carbons (Fsp3) is 0.571. The Labute approximate surface area is 72.3 Å². The molecule has 1 heterocycles. The second-order valence-electron chi connectivity index (χ2n) is 2.70. The minimum absolute atomic E-state index is 0. The molecule has 64 valence electrons. The van der Waals surface area contributed by atoms with Crippen molar-refractivity contribution >= 4 is 12.4 Å². The molecule has 11 heavy (non-hydrogen) atoms. The number of nitrogens with one attached hydrogen (secondary N) is 1. The van der Waals surface area contributed by atoms with Gasteiger partial charge >= 0.3 is 0 Å². The third-order valence-corrected chi connectivity index (χ3v) is 1.47. The number of aromatic nitrogens is 2. The van der Waals surface area contributed by atoms with E-state index in [0.717, 1.165) is 5.69 Å². The molecule has 4 heteroatoms. The van der Waals surface area contributed by atoms with Gasteiger partial charge in [0.15, 0.2) is 0 Å². The van der Waals surface area contributed by atoms with Gasteiger partial charge in [0.1, 0.15) is 0 Å². The number of aliphatic hydroxyl groups is 1. The molecule has 1 unspecified atom stereocenters. The molecule has 0 radical (unpaired) electrons. The summed E-state index contributed by atoms with van der Waals surface area (Å²) in [6.45, 7) is 3.93. The second kappa shape index (κ2) is 4.36. The maximum Gasteiger partial charge on any atom is 0.0976 e. The predicted molar refractivity (Wildman–Crippen MR) is 45.6 cm³/mol. The van der Waals surface area contributed by atoms with Crippen LogP contribution in [-0.2, 0) is 0 Å². The van der Waals surface area contributed by atoms with E-state index >= 15 is 0 Å². The lowest BCUT2D eigenvalue weighted by Crippen LogP contribution is -2.05. The molecule has 2 N–H and O–H groups in total. The van der Waals surface area contributed by atoms with Gasteiger partial charge in [0.25, 0.3) is 0 Å². The van der Waals surface area contributed by atoms with E-state index in [4.69, 9.17) is 0 Å². The Kier molecular flexibility index (Phi) is 4.15. The molecule has 0 aliphatic rings. The summed E-state index contributed by atoms with van der Waals surface area (Å²) < 4.78 is 0. The lowest BCUT2D eigenvalue weighted by atomic mass is 10.1. The number of aliphatic hydroxyl groups excluding tert-OH is 1. The average molecular weight is 177 g/mol. The highest BCUT2D eigenvalue weighted by Gasteiger charge is 2.11. The van der Waals surface area contributed by atoms with Gasteiger partial charge in [-0.2, -0.15) is 0 Å². The van der Waals surface area contributed by atoms with Gasteiger partial charge in [0.05, 0.1) is 24.3 Å². The first kappa shape index (κ1) is 10.5. The SMILES string of the molecule is CC(C)C(O)c1cnc[nH]1.Cl. The van der Waals surface area contributed by atoms with Crippen molar-refractivity contribution in [2.75, 3.05) is 0 Å². The summed E-state index contributed by atoms with van der Waals surface area (Å²) in [5.41, 5.74) is 0.787. The van der Waals surface area contributed by atoms with E-state index in [0.29, 0.717) is 0 Å². The topological polar surface area (TPSA) is 48.9 Å². The summed E-state index contributed by atoms with van der Waals surface area (Å²) in [7, 11) is 0. The molecule has 3 nitrogen and oxygen atoms in total. The van der Waals surface area contributed by atoms with Crippen LogP contribution in [0.2, 0.25) is 0 Å². The second-order valence-corrected chi connectivity index (χ2v) is 2.70. The molecule has 1 rings (SSSR count). The fourth-order valence-corrected chi connectivity index (χ4v) is 0.788. The monoisotopic (exact) mass is 176 g/mol. The molecule has 0 saturated heterocycles. The van der Waals surface area contributed by atoms with Gasteiger partial charge in [0, 0.05) is 0 Å². The summed E-state index contributed by atoms with van der Waals surface area (Å²) in [5.74, 6) is 0.237. The summed E-state index contributed by atoms with van der Waals surface area (Å²) in [5, 5.41) is 9.42. The van der Waals surface area contributed by atoms with E-state index in [1.165, 1.54) is 0 Å². The van der Waals surface area contributed by atoms with E-state index in [9.17, 15) is 5.11 Å². The summed E-state index contributed by atoms with van der Waals surface area (Å²) >= 11 is 0. The number of hydrogen-bond donors (Lipinski definition) is 2. The molecular formula is C7H13ClN2O. The Hall–Kier alpha value is -0.540. The molecule has 0 aliphatic heterocycles. The predicted octanol–water partition coefficient (Wildman–Crippen LogP) is 1.52. The van der Waals surface area contributed by atoms with Crippen LogP contribution >= 0.6 is 12.4 Å². The molecule has 1 aromatic rings. The molecule has 0 fully saturated rings. The highest BCUT2D eigenvalue weighted by atomic mass is 35.5. The first-order chi connectivity index (χ1) is 4.72. The van der Waals surface area contributed by atoms with Crippen LogP contribution in [0.15, 0.2) is 12.5 Å². The van der Waals surface area contributed by atoms with E-state index in [2.05, 4.69) is 9.97 Å². The van der Waals surface area contributed by atoms with Crippen LogP contribution in [0.4, 0.5) is 0 Å². The molecule has 1 aromatic heterocycles. The maximum absolute atomic E-state index is 9.42. The van der Waals surface area contributed by atoms with E-state index in [1.54, 1.807) is 12.5 Å². The number of H-pyrrole nitrogens is 1. The third-order valence-electron chi connectivity index (χ3n) is 1.47. The van der Waals surface area contributed by atoms with Crippen molar-refractivity contribution in [2.24, 2.45) is 5.92 Å². The van der Waals surface area contributed by atoms with Gasteiger partial charge in [-0.25, -0.2) is 4.98 Å². The van der Waals surface area contributed by atoms with Crippen molar-refractivity contribution in [3.63, 3.8) is 0 Å². The van der Waals surface area contributed by atoms with Gasteiger partial charge in [-0.1, -0.05) is 13.8 Å². The minimum atomic E-state index is -0.414. The molecule has 1 atom stereocenters. The highest BCUT2D eigenvalue weighted by molar-refractivity contribution is 5.85. The van der Waals surface area contributed by atoms with Gasteiger partial charge < -0.3 is 10.1 Å². The zero-order chi connectivity index (χ0) is 7.56. The van der Waals surface area contributed by atoms with Crippen molar-refractivity contribution in [3.05, 3.63) is 18.2 Å². The Morgan fingerprint density at radius 3 is 2.55 bits per heavy atom. The number of imidazole rings is 1. The average Bonchev–Trinajstić information content (AvgIpc) is 2.36. The van der Waals surface area contributed by atoms with Crippen LogP contribution in [-0.4, -0.2) is 15.1 Å². The quantitative estimate of drug-likeness (QED) is 0.718. The van der Waals surface area contributed by atoms with Crippen molar-refractivity contribution in [3.8, 4) is 0 Å². The molecule has 0 aromatic carbocycles. The smallest absolute Gasteiger partial charge is 0.0976 e. The molecule has 0 bridgehead atoms. The number of rotatable bonds is 2. The van der Waals surface area contributed by atoms with Crippen molar-refractivity contribution < 1.29 is 5.11 Å². The van der Waals surface area contributed by atoms with Crippen LogP contribution in [0.5, 0.6) is 0 Å². The molecular weight excluding hydrogens is 164 g/mol. The van der Waals surface area contributed by atoms with E-state index in [-0.39, 0.29) is 18.3 Å². The first-order valence-corrected chi connectivity index (χ1v) is 3.38. The molecule has 0 amide bonds. The first-order valence-electron chi connectivity index (χ1n) is 3.38. The van der Waals surface area contributed by atoms with Crippen LogP contribution in [0, 0.1) is 5.92 Å². The zero-order valence-electron chi connectivity index (χ0n) is 6.61. The lowest BCUT2D eigenvalue weighted by molar-refractivity contribution is 0.123. The maximum atomic E-state index is 9.42. The Bertz CT molecular complexity index is 186. The van der Waals surface area contributed by atoms with E-state index in [1.807, 2.05) is 13.8 Å². The summed E-state index contributed by atoms with van der Waals surface area (Å²) in [6.07, 6.45) is 2.80. The lowest BCUT2D eigenvalue weighted by Gasteiger charge is -2.10.